The number of hydrogen-bond donors (Lipinski definition) is 2. The third-order valence-electron chi connectivity index (χ3n) is 3.46. The van der Waals surface area contributed by atoms with Crippen LogP contribution < -0.4 is 10.6 Å². The molecule has 1 aromatic heterocycles. The molecule has 6 nitrogen and oxygen atoms in total. The van der Waals surface area contributed by atoms with Gasteiger partial charge in [-0.05, 0) is 36.8 Å². The number of anilines is 1. The number of hydrogen-bond acceptors (Lipinski definition) is 3. The zero-order chi connectivity index (χ0) is 16.1. The molecule has 0 radical (unpaired) electrons. The zero-order valence-electron chi connectivity index (χ0n) is 12.7. The molecule has 23 heavy (non-hydrogen) atoms. The van der Waals surface area contributed by atoms with Crippen molar-refractivity contribution in [2.45, 2.75) is 13.0 Å². The Morgan fingerprint density at radius 3 is 2.48 bits per heavy atom. The number of nitrogens with one attached hydrogen (secondary N) is 2. The van der Waals surface area contributed by atoms with Crippen LogP contribution in [0.2, 0.25) is 0 Å². The second-order valence-corrected chi connectivity index (χ2v) is 5.12. The van der Waals surface area contributed by atoms with Gasteiger partial charge in [-0.3, -0.25) is 0 Å². The summed E-state index contributed by atoms with van der Waals surface area (Å²) < 4.78 is 1.68. The summed E-state index contributed by atoms with van der Waals surface area (Å²) in [7, 11) is 0. The molecule has 6 heteroatoms. The standard InChI is InChI=1S/C17H17N5O/c1-13(20-17(23)21-15-5-3-2-4-6-15)14-7-9-16(10-8-14)22-12-18-11-19-22/h2-13H,1H3,(H2,20,21,23)/t13-/m0/s1. The summed E-state index contributed by atoms with van der Waals surface area (Å²) in [5.74, 6) is 0. The van der Waals surface area contributed by atoms with E-state index in [1.165, 1.54) is 6.33 Å². The molecule has 0 bridgehead atoms. The Morgan fingerprint density at radius 1 is 1.09 bits per heavy atom. The van der Waals surface area contributed by atoms with Crippen LogP contribution in [0.3, 0.4) is 0 Å². The summed E-state index contributed by atoms with van der Waals surface area (Å²) in [5, 5.41) is 9.80. The Labute approximate surface area is 134 Å². The Morgan fingerprint density at radius 2 is 1.83 bits per heavy atom. The molecule has 2 amide bonds. The van der Waals surface area contributed by atoms with Crippen molar-refractivity contribution in [3.63, 3.8) is 0 Å². The van der Waals surface area contributed by atoms with Crippen LogP contribution in [0.15, 0.2) is 67.3 Å². The monoisotopic (exact) mass is 307 g/mol. The number of nitrogens with zero attached hydrogens (tertiary/aromatic N) is 3. The highest BCUT2D eigenvalue weighted by atomic mass is 16.2. The van der Waals surface area contributed by atoms with Crippen LogP contribution in [0.25, 0.3) is 5.69 Å². The van der Waals surface area contributed by atoms with E-state index in [1.54, 1.807) is 11.0 Å². The van der Waals surface area contributed by atoms with Crippen molar-refractivity contribution in [3.8, 4) is 5.69 Å². The summed E-state index contributed by atoms with van der Waals surface area (Å²) in [4.78, 5) is 15.9. The first kappa shape index (κ1) is 14.8. The van der Waals surface area contributed by atoms with Crippen LogP contribution in [0.1, 0.15) is 18.5 Å². The van der Waals surface area contributed by atoms with Crippen LogP contribution >= 0.6 is 0 Å². The van der Waals surface area contributed by atoms with E-state index < -0.39 is 0 Å². The average molecular weight is 307 g/mol. The summed E-state index contributed by atoms with van der Waals surface area (Å²) in [6.07, 6.45) is 3.13. The molecule has 1 heterocycles. The Bertz CT molecular complexity index is 753. The number of urea groups is 1. The van der Waals surface area contributed by atoms with E-state index in [4.69, 9.17) is 0 Å². The molecule has 0 fully saturated rings. The van der Waals surface area contributed by atoms with E-state index in [0.29, 0.717) is 0 Å². The normalized spacial score (nSPS) is 11.7. The van der Waals surface area contributed by atoms with Crippen molar-refractivity contribution in [3.05, 3.63) is 72.8 Å². The van der Waals surface area contributed by atoms with Gasteiger partial charge in [0.05, 0.1) is 11.7 Å². The number of carbonyl (C=O) groups is 1. The second-order valence-electron chi connectivity index (χ2n) is 5.12. The van der Waals surface area contributed by atoms with E-state index in [0.717, 1.165) is 16.9 Å². The molecule has 0 saturated heterocycles. The average Bonchev–Trinajstić information content (AvgIpc) is 3.10. The Hall–Kier alpha value is -3.15. The number of amides is 2. The smallest absolute Gasteiger partial charge is 0.319 e. The van der Waals surface area contributed by atoms with Crippen molar-refractivity contribution < 1.29 is 4.79 Å². The first-order valence-electron chi connectivity index (χ1n) is 7.30. The van der Waals surface area contributed by atoms with Crippen molar-refractivity contribution in [1.29, 1.82) is 0 Å². The molecule has 0 aliphatic rings. The fourth-order valence-corrected chi connectivity index (χ4v) is 2.23. The second kappa shape index (κ2) is 6.74. The fraction of sp³-hybridized carbons (Fsp3) is 0.118. The van der Waals surface area contributed by atoms with Crippen LogP contribution in [0, 0.1) is 0 Å². The molecule has 3 rings (SSSR count). The Kier molecular flexibility index (Phi) is 4.33. The van der Waals surface area contributed by atoms with Gasteiger partial charge in [-0.1, -0.05) is 30.3 Å². The van der Waals surface area contributed by atoms with Gasteiger partial charge in [-0.25, -0.2) is 14.5 Å². The minimum Gasteiger partial charge on any atom is -0.331 e. The third kappa shape index (κ3) is 3.74. The number of para-hydroxylation sites is 1. The first-order chi connectivity index (χ1) is 11.2. The van der Waals surface area contributed by atoms with Gasteiger partial charge in [0, 0.05) is 5.69 Å². The van der Waals surface area contributed by atoms with E-state index in [-0.39, 0.29) is 12.1 Å². The van der Waals surface area contributed by atoms with Crippen LogP contribution in [0.4, 0.5) is 10.5 Å². The third-order valence-corrected chi connectivity index (χ3v) is 3.46. The van der Waals surface area contributed by atoms with Crippen molar-refractivity contribution in [2.75, 3.05) is 5.32 Å². The van der Waals surface area contributed by atoms with Gasteiger partial charge in [-0.15, -0.1) is 0 Å². The molecule has 0 saturated carbocycles. The maximum Gasteiger partial charge on any atom is 0.319 e. The fourth-order valence-electron chi connectivity index (χ4n) is 2.23. The Balaban J connectivity index is 1.61. The summed E-state index contributed by atoms with van der Waals surface area (Å²) >= 11 is 0. The molecular formula is C17H17N5O. The topological polar surface area (TPSA) is 71.8 Å². The maximum absolute atomic E-state index is 12.0. The van der Waals surface area contributed by atoms with Gasteiger partial charge < -0.3 is 10.6 Å². The minimum atomic E-state index is -0.232. The molecule has 0 unspecified atom stereocenters. The lowest BCUT2D eigenvalue weighted by Gasteiger charge is -2.15. The molecule has 2 N–H and O–H groups in total. The number of benzene rings is 2. The molecule has 0 spiro atoms. The lowest BCUT2D eigenvalue weighted by atomic mass is 10.1. The van der Waals surface area contributed by atoms with Crippen LogP contribution in [-0.4, -0.2) is 20.8 Å². The molecule has 3 aromatic rings. The SMILES string of the molecule is C[C@H](NC(=O)Nc1ccccc1)c1ccc(-n2cncn2)cc1. The van der Waals surface area contributed by atoms with E-state index >= 15 is 0 Å². The number of rotatable bonds is 4. The molecule has 0 aliphatic heterocycles. The molecule has 2 aromatic carbocycles. The van der Waals surface area contributed by atoms with Gasteiger partial charge in [0.25, 0.3) is 0 Å². The van der Waals surface area contributed by atoms with E-state index in [1.807, 2.05) is 61.5 Å². The zero-order valence-corrected chi connectivity index (χ0v) is 12.7. The molecule has 116 valence electrons. The predicted molar refractivity (Wildman–Crippen MR) is 88.4 cm³/mol. The number of carbonyl (C=O) groups excluding carboxylic acids is 1. The lowest BCUT2D eigenvalue weighted by Crippen LogP contribution is -2.31. The van der Waals surface area contributed by atoms with Gasteiger partial charge in [-0.2, -0.15) is 5.10 Å². The van der Waals surface area contributed by atoms with Crippen LogP contribution in [-0.2, 0) is 0 Å². The van der Waals surface area contributed by atoms with Crippen molar-refractivity contribution >= 4 is 11.7 Å². The minimum absolute atomic E-state index is 0.108. The van der Waals surface area contributed by atoms with Crippen molar-refractivity contribution in [2.24, 2.45) is 0 Å². The van der Waals surface area contributed by atoms with Gasteiger partial charge in [0.15, 0.2) is 0 Å². The summed E-state index contributed by atoms with van der Waals surface area (Å²) in [6, 6.07) is 16.8. The quantitative estimate of drug-likeness (QED) is 0.777. The van der Waals surface area contributed by atoms with Crippen molar-refractivity contribution in [1.82, 2.24) is 20.1 Å². The maximum atomic E-state index is 12.0. The highest BCUT2D eigenvalue weighted by Gasteiger charge is 2.09. The van der Waals surface area contributed by atoms with Gasteiger partial charge >= 0.3 is 6.03 Å². The summed E-state index contributed by atoms with van der Waals surface area (Å²) in [5.41, 5.74) is 2.70. The molecular weight excluding hydrogens is 290 g/mol. The van der Waals surface area contributed by atoms with Crippen LogP contribution in [0.5, 0.6) is 0 Å². The molecule has 0 aliphatic carbocycles. The van der Waals surface area contributed by atoms with Gasteiger partial charge in [0.2, 0.25) is 0 Å². The van der Waals surface area contributed by atoms with E-state index in [9.17, 15) is 4.79 Å². The van der Waals surface area contributed by atoms with E-state index in [2.05, 4.69) is 20.7 Å². The first-order valence-corrected chi connectivity index (χ1v) is 7.30. The highest BCUT2D eigenvalue weighted by molar-refractivity contribution is 5.89. The van der Waals surface area contributed by atoms with Gasteiger partial charge in [0.1, 0.15) is 12.7 Å². The predicted octanol–water partition coefficient (Wildman–Crippen LogP) is 3.15. The largest absolute Gasteiger partial charge is 0.331 e. The highest BCUT2D eigenvalue weighted by Crippen LogP contribution is 2.15. The summed E-state index contributed by atoms with van der Waals surface area (Å²) in [6.45, 7) is 1.94. The molecule has 1 atom stereocenters. The number of aromatic nitrogens is 3. The lowest BCUT2D eigenvalue weighted by molar-refractivity contribution is 0.249.